The highest BCUT2D eigenvalue weighted by molar-refractivity contribution is 7.89. The summed E-state index contributed by atoms with van der Waals surface area (Å²) >= 11 is 6.19. The highest BCUT2D eigenvalue weighted by Gasteiger charge is 2.35. The van der Waals surface area contributed by atoms with Gasteiger partial charge in [-0.05, 0) is 105 Å². The van der Waals surface area contributed by atoms with Gasteiger partial charge in [-0.2, -0.15) is 21.3 Å². The highest BCUT2D eigenvalue weighted by atomic mass is 35.5. The predicted octanol–water partition coefficient (Wildman–Crippen LogP) is 4.53. The van der Waals surface area contributed by atoms with Gasteiger partial charge in [-0.1, -0.05) is 37.4 Å². The van der Waals surface area contributed by atoms with Gasteiger partial charge in [0.2, 0.25) is 10.0 Å². The van der Waals surface area contributed by atoms with Crippen molar-refractivity contribution in [1.82, 2.24) is 17.8 Å². The first-order valence-electron chi connectivity index (χ1n) is 16.0. The van der Waals surface area contributed by atoms with E-state index in [9.17, 15) is 16.8 Å². The fourth-order valence-electron chi connectivity index (χ4n) is 6.33. The molecule has 0 spiro atoms. The molecule has 0 amide bonds. The number of hydrogen-bond acceptors (Lipinski definition) is 6. The van der Waals surface area contributed by atoms with Crippen molar-refractivity contribution in [1.29, 1.82) is 0 Å². The molecule has 12 heteroatoms. The van der Waals surface area contributed by atoms with Gasteiger partial charge in [-0.3, -0.25) is 0 Å². The average molecular weight is 666 g/mol. The smallest absolute Gasteiger partial charge is 0.282 e. The number of anilines is 1. The van der Waals surface area contributed by atoms with E-state index in [0.717, 1.165) is 61.6 Å². The minimum absolute atomic E-state index is 0.193. The van der Waals surface area contributed by atoms with Gasteiger partial charge in [-0.15, -0.1) is 0 Å². The third-order valence-electron chi connectivity index (χ3n) is 9.13. The van der Waals surface area contributed by atoms with E-state index in [-0.39, 0.29) is 23.9 Å². The first-order chi connectivity index (χ1) is 20.9. The number of benzene rings is 2. The third-order valence-corrected chi connectivity index (χ3v) is 13.2. The minimum atomic E-state index is -3.77. The molecule has 0 N–H and O–H groups in total. The maximum Gasteiger partial charge on any atom is 0.282 e. The van der Waals surface area contributed by atoms with E-state index in [1.807, 2.05) is 56.3 Å². The second kappa shape index (κ2) is 14.4. The SMILES string of the molecule is C[C@H]1CN(S(=O)(=O)c2ccc(N(C)C)cc2)CCCN(CCC2CC2)CCCN(S(=O)(=O)N2CCc3cc(Cl)ccc3C2)C1. The van der Waals surface area contributed by atoms with Crippen LogP contribution in [0.4, 0.5) is 5.69 Å². The maximum absolute atomic E-state index is 14.1. The normalized spacial score (nSPS) is 22.6. The van der Waals surface area contributed by atoms with Crippen molar-refractivity contribution in [3.8, 4) is 0 Å². The molecule has 0 unspecified atom stereocenters. The topological polar surface area (TPSA) is 84.5 Å². The zero-order chi connectivity index (χ0) is 31.5. The fraction of sp³-hybridized carbons (Fsp3) is 0.625. The first-order valence-corrected chi connectivity index (χ1v) is 19.2. The number of nitrogens with zero attached hydrogens (tertiary/aromatic N) is 5. The molecule has 2 fully saturated rings. The van der Waals surface area contributed by atoms with E-state index < -0.39 is 20.2 Å². The van der Waals surface area contributed by atoms with Crippen molar-refractivity contribution in [3.05, 3.63) is 58.6 Å². The molecule has 244 valence electrons. The number of rotatable bonds is 8. The molecular formula is C32H48ClN5O4S2. The van der Waals surface area contributed by atoms with E-state index >= 15 is 0 Å². The van der Waals surface area contributed by atoms with Gasteiger partial charge in [0, 0.05) is 64.1 Å². The second-order valence-corrected chi connectivity index (χ2v) is 17.3. The summed E-state index contributed by atoms with van der Waals surface area (Å²) in [5.41, 5.74) is 3.01. The molecule has 0 aromatic heterocycles. The van der Waals surface area contributed by atoms with Crippen LogP contribution < -0.4 is 4.90 Å². The average Bonchev–Trinajstić information content (AvgIpc) is 3.82. The Morgan fingerprint density at radius 3 is 2.14 bits per heavy atom. The van der Waals surface area contributed by atoms with Crippen LogP contribution in [0, 0.1) is 11.8 Å². The molecule has 1 atom stereocenters. The molecule has 2 heterocycles. The van der Waals surface area contributed by atoms with Crippen LogP contribution in [0.15, 0.2) is 47.4 Å². The molecule has 1 saturated carbocycles. The Kier molecular flexibility index (Phi) is 11.0. The Morgan fingerprint density at radius 1 is 0.818 bits per heavy atom. The summed E-state index contributed by atoms with van der Waals surface area (Å²) < 4.78 is 61.0. The summed E-state index contributed by atoms with van der Waals surface area (Å²) in [5.74, 6) is 0.606. The lowest BCUT2D eigenvalue weighted by atomic mass is 10.0. The van der Waals surface area contributed by atoms with Gasteiger partial charge in [0.15, 0.2) is 0 Å². The van der Waals surface area contributed by atoms with Gasteiger partial charge in [0.1, 0.15) is 0 Å². The van der Waals surface area contributed by atoms with Gasteiger partial charge in [0.25, 0.3) is 10.2 Å². The Balaban J connectivity index is 1.37. The number of sulfonamides is 1. The van der Waals surface area contributed by atoms with Crippen LogP contribution in [0.1, 0.15) is 50.2 Å². The summed E-state index contributed by atoms with van der Waals surface area (Å²) in [6, 6.07) is 12.7. The molecule has 2 aliphatic heterocycles. The summed E-state index contributed by atoms with van der Waals surface area (Å²) in [6.07, 6.45) is 5.84. The van der Waals surface area contributed by atoms with Crippen LogP contribution in [0.2, 0.25) is 5.02 Å². The van der Waals surface area contributed by atoms with Crippen molar-refractivity contribution in [2.45, 2.75) is 56.9 Å². The van der Waals surface area contributed by atoms with Gasteiger partial charge < -0.3 is 9.80 Å². The van der Waals surface area contributed by atoms with Crippen molar-refractivity contribution in [2.75, 3.05) is 71.4 Å². The van der Waals surface area contributed by atoms with E-state index in [2.05, 4.69) is 4.90 Å². The van der Waals surface area contributed by atoms with Crippen LogP contribution in [-0.4, -0.2) is 101 Å². The van der Waals surface area contributed by atoms with Gasteiger partial charge in [0.05, 0.1) is 4.90 Å². The Morgan fingerprint density at radius 2 is 1.48 bits per heavy atom. The fourth-order valence-corrected chi connectivity index (χ4v) is 9.88. The van der Waals surface area contributed by atoms with Gasteiger partial charge in [-0.25, -0.2) is 8.42 Å². The van der Waals surface area contributed by atoms with Crippen molar-refractivity contribution < 1.29 is 16.8 Å². The maximum atomic E-state index is 14.1. The highest BCUT2D eigenvalue weighted by Crippen LogP contribution is 2.32. The molecule has 2 aromatic rings. The quantitative estimate of drug-likeness (QED) is 0.412. The monoisotopic (exact) mass is 665 g/mol. The van der Waals surface area contributed by atoms with Crippen LogP contribution >= 0.6 is 11.6 Å². The third kappa shape index (κ3) is 8.34. The molecule has 5 rings (SSSR count). The van der Waals surface area contributed by atoms with E-state index in [1.165, 1.54) is 12.8 Å². The van der Waals surface area contributed by atoms with E-state index in [4.69, 9.17) is 11.6 Å². The Bertz CT molecular complexity index is 1480. The summed E-state index contributed by atoms with van der Waals surface area (Å²) in [7, 11) is -3.68. The van der Waals surface area contributed by atoms with Crippen molar-refractivity contribution >= 4 is 37.5 Å². The molecule has 44 heavy (non-hydrogen) atoms. The lowest BCUT2D eigenvalue weighted by Crippen LogP contribution is -2.49. The minimum Gasteiger partial charge on any atom is -0.378 e. The van der Waals surface area contributed by atoms with E-state index in [0.29, 0.717) is 37.6 Å². The van der Waals surface area contributed by atoms with Crippen LogP contribution in [0.25, 0.3) is 0 Å². The Labute approximate surface area is 270 Å². The summed E-state index contributed by atoms with van der Waals surface area (Å²) in [6.45, 7) is 6.58. The molecule has 9 nitrogen and oxygen atoms in total. The largest absolute Gasteiger partial charge is 0.378 e. The molecule has 2 aromatic carbocycles. The number of halogens is 1. The van der Waals surface area contributed by atoms with Crippen LogP contribution in [0.5, 0.6) is 0 Å². The molecule has 3 aliphatic rings. The number of hydrogen-bond donors (Lipinski definition) is 0. The summed E-state index contributed by atoms with van der Waals surface area (Å²) in [4.78, 5) is 4.62. The first kappa shape index (κ1) is 33.6. The molecule has 1 saturated heterocycles. The lowest BCUT2D eigenvalue weighted by molar-refractivity contribution is 0.214. The molecular weight excluding hydrogens is 618 g/mol. The van der Waals surface area contributed by atoms with Crippen molar-refractivity contribution in [2.24, 2.45) is 11.8 Å². The second-order valence-electron chi connectivity index (χ2n) is 13.0. The van der Waals surface area contributed by atoms with Crippen LogP contribution in [0.3, 0.4) is 0 Å². The van der Waals surface area contributed by atoms with E-state index in [1.54, 1.807) is 25.0 Å². The lowest BCUT2D eigenvalue weighted by Gasteiger charge is -2.36. The molecule has 1 aliphatic carbocycles. The number of fused-ring (bicyclic) bond motifs is 1. The van der Waals surface area contributed by atoms with Crippen LogP contribution in [-0.2, 0) is 33.2 Å². The van der Waals surface area contributed by atoms with Gasteiger partial charge >= 0.3 is 0 Å². The predicted molar refractivity (Wildman–Crippen MR) is 178 cm³/mol. The zero-order valence-corrected chi connectivity index (χ0v) is 28.8. The molecule has 0 bridgehead atoms. The summed E-state index contributed by atoms with van der Waals surface area (Å²) in [5, 5.41) is 0.663. The van der Waals surface area contributed by atoms with Crippen molar-refractivity contribution in [3.63, 3.8) is 0 Å². The molecule has 0 radical (unpaired) electrons. The Hall–Kier alpha value is -1.73. The standard InChI is InChI=1S/C32H48ClN5O4S2/c1-26-23-36(43(39,40)32-12-10-31(11-13-32)34(2)3)18-4-16-35(20-14-27-6-7-27)17-5-19-37(24-26)44(41,42)38-21-15-28-22-30(33)9-8-29(28)25-38/h8-13,22,26-27H,4-7,14-21,23-25H2,1-3H3/t26-/m0/s1. The zero-order valence-electron chi connectivity index (χ0n) is 26.4.